The Hall–Kier alpha value is 1.34. The van der Waals surface area contributed by atoms with Gasteiger partial charge < -0.3 is 14.6 Å². The van der Waals surface area contributed by atoms with E-state index in [1.54, 1.807) is 0 Å². The van der Waals surface area contributed by atoms with Crippen LogP contribution < -0.4 is 29.6 Å². The van der Waals surface area contributed by atoms with E-state index in [1.165, 1.54) is 0 Å². The van der Waals surface area contributed by atoms with Crippen LogP contribution in [0.5, 0.6) is 0 Å². The van der Waals surface area contributed by atoms with Crippen molar-refractivity contribution in [1.82, 2.24) is 0 Å². The van der Waals surface area contributed by atoms with Crippen LogP contribution in [0.15, 0.2) is 0 Å². The summed E-state index contributed by atoms with van der Waals surface area (Å²) >= 11 is 0. The summed E-state index contributed by atoms with van der Waals surface area (Å²) < 4.78 is 34.1. The third kappa shape index (κ3) is 165. The summed E-state index contributed by atoms with van der Waals surface area (Å²) in [6, 6.07) is 0. The fourth-order valence-corrected chi connectivity index (χ4v) is 0. The summed E-state index contributed by atoms with van der Waals surface area (Å²) in [7, 11) is -5.17. The van der Waals surface area contributed by atoms with Gasteiger partial charge in [-0.15, -0.1) is 0 Å². The molecule has 0 aliphatic heterocycles. The van der Waals surface area contributed by atoms with Gasteiger partial charge in [-0.25, -0.2) is 0 Å². The van der Waals surface area contributed by atoms with Crippen molar-refractivity contribution in [3.8, 4) is 0 Å². The SMILES string of the molecule is O=S(=O)([O-])[O-].[Co+2].[Na+].[OH-]. The minimum Gasteiger partial charge on any atom is -0.870 e. The van der Waals surface area contributed by atoms with Gasteiger partial charge in [0.2, 0.25) is 0 Å². The van der Waals surface area contributed by atoms with Gasteiger partial charge in [0.1, 0.15) is 0 Å². The third-order valence-electron chi connectivity index (χ3n) is 0. The smallest absolute Gasteiger partial charge is 0.870 e. The van der Waals surface area contributed by atoms with Crippen LogP contribution in [0, 0.1) is 0 Å². The summed E-state index contributed by atoms with van der Waals surface area (Å²) in [5, 5.41) is 0. The molecular formula is HCoNaO5S. The van der Waals surface area contributed by atoms with Crippen molar-refractivity contribution in [2.24, 2.45) is 0 Å². The summed E-state index contributed by atoms with van der Waals surface area (Å²) in [5.74, 6) is 0. The minimum atomic E-state index is -5.17. The average molecular weight is 195 g/mol. The van der Waals surface area contributed by atoms with Gasteiger partial charge >= 0.3 is 46.3 Å². The molecule has 8 heavy (non-hydrogen) atoms. The molecule has 47 valence electrons. The van der Waals surface area contributed by atoms with E-state index in [1.807, 2.05) is 0 Å². The number of hydrogen-bond donors (Lipinski definition) is 0. The van der Waals surface area contributed by atoms with Crippen molar-refractivity contribution < 1.29 is 69.3 Å². The molecule has 8 heteroatoms. The standard InChI is InChI=1S/Co.Na.H2O4S.H2O/c;;1-5(2,3)4;/h;;(H2,1,2,3,4);1H2/q+2;+1;;/p-3. The Morgan fingerprint density at radius 2 is 1.12 bits per heavy atom. The fraction of sp³-hybridized carbons (Fsp3) is 0. The monoisotopic (exact) mass is 195 g/mol. The Morgan fingerprint density at radius 3 is 1.12 bits per heavy atom. The molecule has 0 saturated carbocycles. The van der Waals surface area contributed by atoms with Gasteiger partial charge in [0.25, 0.3) is 0 Å². The van der Waals surface area contributed by atoms with Crippen molar-refractivity contribution in [2.75, 3.05) is 0 Å². The summed E-state index contributed by atoms with van der Waals surface area (Å²) in [4.78, 5) is 0. The Morgan fingerprint density at radius 1 is 1.12 bits per heavy atom. The topological polar surface area (TPSA) is 110 Å². The molecule has 0 aromatic heterocycles. The largest absolute Gasteiger partial charge is 2.00 e. The molecule has 1 radical (unpaired) electrons. The third-order valence-corrected chi connectivity index (χ3v) is 0. The van der Waals surface area contributed by atoms with Gasteiger partial charge in [0, 0.05) is 10.4 Å². The van der Waals surface area contributed by atoms with Crippen molar-refractivity contribution in [2.45, 2.75) is 0 Å². The van der Waals surface area contributed by atoms with Crippen molar-refractivity contribution in [3.05, 3.63) is 0 Å². The second-order valence-corrected chi connectivity index (χ2v) is 1.22. The summed E-state index contributed by atoms with van der Waals surface area (Å²) in [5.41, 5.74) is 0. The van der Waals surface area contributed by atoms with Crippen LogP contribution in [-0.2, 0) is 27.2 Å². The predicted molar refractivity (Wildman–Crippen MR) is 12.4 cm³/mol. The zero-order chi connectivity index (χ0) is 4.50. The quantitative estimate of drug-likeness (QED) is 0.219. The first-order chi connectivity index (χ1) is 2.00. The zero-order valence-corrected chi connectivity index (χ0v) is 7.68. The predicted octanol–water partition coefficient (Wildman–Crippen LogP) is -4.51. The zero-order valence-electron chi connectivity index (χ0n) is 3.82. The van der Waals surface area contributed by atoms with Crippen molar-refractivity contribution >= 4 is 10.4 Å². The molecular weight excluding hydrogens is 194 g/mol. The second kappa shape index (κ2) is 8.34. The van der Waals surface area contributed by atoms with E-state index < -0.39 is 10.4 Å². The summed E-state index contributed by atoms with van der Waals surface area (Å²) in [6.07, 6.45) is 0. The van der Waals surface area contributed by atoms with E-state index >= 15 is 0 Å². The van der Waals surface area contributed by atoms with E-state index in [0.717, 1.165) is 0 Å². The molecule has 0 aromatic rings. The van der Waals surface area contributed by atoms with Gasteiger partial charge in [-0.3, -0.25) is 8.42 Å². The minimum absolute atomic E-state index is 0. The van der Waals surface area contributed by atoms with Crippen molar-refractivity contribution in [3.63, 3.8) is 0 Å². The fourth-order valence-electron chi connectivity index (χ4n) is 0. The molecule has 0 saturated heterocycles. The summed E-state index contributed by atoms with van der Waals surface area (Å²) in [6.45, 7) is 0. The van der Waals surface area contributed by atoms with Crippen LogP contribution in [0.4, 0.5) is 0 Å². The molecule has 0 aliphatic rings. The van der Waals surface area contributed by atoms with E-state index in [2.05, 4.69) is 0 Å². The molecule has 0 unspecified atom stereocenters. The van der Waals surface area contributed by atoms with Gasteiger partial charge in [0.05, 0.1) is 0 Å². The van der Waals surface area contributed by atoms with Gasteiger partial charge in [-0.1, -0.05) is 0 Å². The second-order valence-electron chi connectivity index (χ2n) is 0.408. The van der Waals surface area contributed by atoms with Crippen molar-refractivity contribution in [1.29, 1.82) is 0 Å². The number of hydrogen-bond acceptors (Lipinski definition) is 5. The van der Waals surface area contributed by atoms with E-state index in [4.69, 9.17) is 17.5 Å². The van der Waals surface area contributed by atoms with Gasteiger partial charge in [0.15, 0.2) is 0 Å². The van der Waals surface area contributed by atoms with Gasteiger partial charge in [-0.05, 0) is 0 Å². The van der Waals surface area contributed by atoms with Crippen LogP contribution in [0.2, 0.25) is 0 Å². The normalized spacial score (nSPS) is 7.25. The maximum absolute atomic E-state index is 8.52. The molecule has 1 N–H and O–H groups in total. The molecule has 5 nitrogen and oxygen atoms in total. The molecule has 0 heterocycles. The molecule has 0 fully saturated rings. The molecule has 0 aromatic carbocycles. The Bertz CT molecular complexity index is 95.6. The molecule has 0 bridgehead atoms. The maximum Gasteiger partial charge on any atom is 2.00 e. The first-order valence-corrected chi connectivity index (χ1v) is 2.00. The number of rotatable bonds is 0. The Balaban J connectivity index is -0.0000000267. The molecule has 0 atom stereocenters. The average Bonchev–Trinajstić information content (AvgIpc) is 0.722. The maximum atomic E-state index is 8.52. The van der Waals surface area contributed by atoms with E-state index in [-0.39, 0.29) is 51.8 Å². The molecule has 0 rings (SSSR count). The Labute approximate surface area is 79.2 Å². The first-order valence-electron chi connectivity index (χ1n) is 0.667. The Kier molecular flexibility index (Phi) is 23.7. The van der Waals surface area contributed by atoms with E-state index in [9.17, 15) is 0 Å². The van der Waals surface area contributed by atoms with Crippen LogP contribution in [0.3, 0.4) is 0 Å². The van der Waals surface area contributed by atoms with Crippen LogP contribution in [0.1, 0.15) is 0 Å². The first kappa shape index (κ1) is 22.8. The molecule has 0 spiro atoms. The van der Waals surface area contributed by atoms with E-state index in [0.29, 0.717) is 0 Å². The molecule has 0 amide bonds. The van der Waals surface area contributed by atoms with Crippen LogP contribution in [-0.4, -0.2) is 23.0 Å². The molecule has 0 aliphatic carbocycles. The van der Waals surface area contributed by atoms with Gasteiger partial charge in [-0.2, -0.15) is 0 Å². The van der Waals surface area contributed by atoms with Crippen LogP contribution in [0.25, 0.3) is 0 Å². The van der Waals surface area contributed by atoms with Crippen LogP contribution >= 0.6 is 0 Å².